The summed E-state index contributed by atoms with van der Waals surface area (Å²) in [7, 11) is 0. The fraction of sp³-hybridized carbons (Fsp3) is 0.278. The van der Waals surface area contributed by atoms with E-state index < -0.39 is 0 Å². The third kappa shape index (κ3) is 4.45. The number of carbonyl (C=O) groups is 1. The first-order valence-corrected chi connectivity index (χ1v) is 8.67. The van der Waals surface area contributed by atoms with E-state index in [2.05, 4.69) is 61.0 Å². The number of halogens is 1. The Morgan fingerprint density at radius 3 is 2.24 bits per heavy atom. The fourth-order valence-corrected chi connectivity index (χ4v) is 3.25. The quantitative estimate of drug-likeness (QED) is 0.510. The molecule has 0 aromatic heterocycles. The van der Waals surface area contributed by atoms with E-state index in [1.807, 2.05) is 24.3 Å². The minimum atomic E-state index is 0.146. The molecule has 0 heterocycles. The maximum Gasteiger partial charge on any atom is 0.174 e. The third-order valence-electron chi connectivity index (χ3n) is 3.26. The lowest BCUT2D eigenvalue weighted by Gasteiger charge is -2.19. The van der Waals surface area contributed by atoms with E-state index in [9.17, 15) is 4.79 Å². The van der Waals surface area contributed by atoms with Gasteiger partial charge in [0.2, 0.25) is 0 Å². The van der Waals surface area contributed by atoms with Gasteiger partial charge in [0.15, 0.2) is 5.78 Å². The first kappa shape index (κ1) is 16.3. The minimum absolute atomic E-state index is 0.146. The predicted octanol–water partition coefficient (Wildman–Crippen LogP) is 5.72. The lowest BCUT2D eigenvalue weighted by Crippen LogP contribution is -2.10. The second kappa shape index (κ2) is 6.80. The summed E-state index contributed by atoms with van der Waals surface area (Å²) in [4.78, 5) is 13.3. The summed E-state index contributed by atoms with van der Waals surface area (Å²) >= 11 is 5.01. The summed E-state index contributed by atoms with van der Waals surface area (Å²) < 4.78 is 0.860. The van der Waals surface area contributed by atoms with Gasteiger partial charge in [-0.3, -0.25) is 4.79 Å². The van der Waals surface area contributed by atoms with Crippen molar-refractivity contribution in [2.75, 3.05) is 5.75 Å². The van der Waals surface area contributed by atoms with Crippen LogP contribution in [0.3, 0.4) is 0 Å². The maximum atomic E-state index is 12.2. The zero-order valence-corrected chi connectivity index (χ0v) is 14.9. The van der Waals surface area contributed by atoms with Crippen LogP contribution in [-0.2, 0) is 5.41 Å². The van der Waals surface area contributed by atoms with Gasteiger partial charge in [0.25, 0.3) is 0 Å². The number of thioether (sulfide) groups is 1. The van der Waals surface area contributed by atoms with Crippen molar-refractivity contribution in [3.05, 3.63) is 64.1 Å². The monoisotopic (exact) mass is 362 g/mol. The summed E-state index contributed by atoms with van der Waals surface area (Å²) in [6.07, 6.45) is 0. The number of hydrogen-bond acceptors (Lipinski definition) is 2. The van der Waals surface area contributed by atoms with Crippen molar-refractivity contribution in [1.82, 2.24) is 0 Å². The van der Waals surface area contributed by atoms with Crippen LogP contribution < -0.4 is 0 Å². The Balaban J connectivity index is 2.00. The van der Waals surface area contributed by atoms with Crippen molar-refractivity contribution in [2.45, 2.75) is 31.1 Å². The van der Waals surface area contributed by atoms with E-state index in [1.54, 1.807) is 11.8 Å². The largest absolute Gasteiger partial charge is 0.293 e. The molecule has 0 fully saturated rings. The second-order valence-corrected chi connectivity index (χ2v) is 7.87. The van der Waals surface area contributed by atoms with Crippen molar-refractivity contribution in [3.8, 4) is 0 Å². The molecule has 2 rings (SSSR count). The van der Waals surface area contributed by atoms with Crippen LogP contribution in [-0.4, -0.2) is 11.5 Å². The first-order valence-electron chi connectivity index (χ1n) is 6.89. The molecule has 0 saturated heterocycles. The Bertz CT molecular complexity index is 626. The molecule has 0 N–H and O–H groups in total. The summed E-state index contributed by atoms with van der Waals surface area (Å²) in [5.41, 5.74) is 2.22. The van der Waals surface area contributed by atoms with Crippen LogP contribution in [0.2, 0.25) is 0 Å². The van der Waals surface area contributed by atoms with Gasteiger partial charge in [-0.05, 0) is 29.2 Å². The molecule has 2 aromatic carbocycles. The van der Waals surface area contributed by atoms with Crippen molar-refractivity contribution in [3.63, 3.8) is 0 Å². The number of rotatable bonds is 4. The Morgan fingerprint density at radius 2 is 1.67 bits per heavy atom. The molecule has 0 aliphatic heterocycles. The topological polar surface area (TPSA) is 17.1 Å². The molecule has 0 amide bonds. The first-order chi connectivity index (χ1) is 9.88. The van der Waals surface area contributed by atoms with E-state index in [0.717, 1.165) is 14.9 Å². The summed E-state index contributed by atoms with van der Waals surface area (Å²) in [6, 6.07) is 16.0. The lowest BCUT2D eigenvalue weighted by atomic mass is 9.87. The van der Waals surface area contributed by atoms with E-state index in [1.165, 1.54) is 5.56 Å². The molecule has 0 aliphatic rings. The Hall–Kier alpha value is -1.06. The van der Waals surface area contributed by atoms with Gasteiger partial charge in [0, 0.05) is 14.9 Å². The van der Waals surface area contributed by atoms with Gasteiger partial charge in [-0.1, -0.05) is 67.0 Å². The Morgan fingerprint density at radius 1 is 1.05 bits per heavy atom. The van der Waals surface area contributed by atoms with Crippen molar-refractivity contribution in [1.29, 1.82) is 0 Å². The molecule has 21 heavy (non-hydrogen) atoms. The van der Waals surface area contributed by atoms with Crippen molar-refractivity contribution in [2.24, 2.45) is 0 Å². The number of Topliss-reactive ketones (excluding diaryl/α,β-unsaturated/α-hetero) is 1. The number of ketones is 1. The highest BCUT2D eigenvalue weighted by atomic mass is 79.9. The molecule has 0 saturated carbocycles. The van der Waals surface area contributed by atoms with Crippen LogP contribution in [0.15, 0.2) is 57.9 Å². The molecule has 0 aliphatic carbocycles. The third-order valence-corrected chi connectivity index (χ3v) is 4.97. The molecule has 0 atom stereocenters. The Labute approximate surface area is 139 Å². The van der Waals surface area contributed by atoms with Gasteiger partial charge < -0.3 is 0 Å². The Kier molecular flexibility index (Phi) is 5.28. The van der Waals surface area contributed by atoms with Crippen LogP contribution >= 0.6 is 27.7 Å². The van der Waals surface area contributed by atoms with E-state index >= 15 is 0 Å². The minimum Gasteiger partial charge on any atom is -0.293 e. The van der Waals surface area contributed by atoms with Gasteiger partial charge in [-0.25, -0.2) is 0 Å². The van der Waals surface area contributed by atoms with Crippen molar-refractivity contribution >= 4 is 33.5 Å². The van der Waals surface area contributed by atoms with E-state index in [4.69, 9.17) is 0 Å². The van der Waals surface area contributed by atoms with Crippen molar-refractivity contribution < 1.29 is 4.79 Å². The van der Waals surface area contributed by atoms with Crippen LogP contribution in [0.1, 0.15) is 36.7 Å². The summed E-state index contributed by atoms with van der Waals surface area (Å²) in [5.74, 6) is 0.602. The average Bonchev–Trinajstić information content (AvgIpc) is 2.45. The average molecular weight is 363 g/mol. The molecule has 0 unspecified atom stereocenters. The number of benzene rings is 2. The molecule has 110 valence electrons. The molecule has 0 radical (unpaired) electrons. The van der Waals surface area contributed by atoms with Gasteiger partial charge in [-0.15, -0.1) is 11.8 Å². The summed E-state index contributed by atoms with van der Waals surface area (Å²) in [6.45, 7) is 6.60. The standard InChI is InChI=1S/C18H19BrOS/c1-18(2,3)13-8-10-14(11-9-13)21-12-17(20)15-6-4-5-7-16(15)19/h4-11H,12H2,1-3H3. The molecule has 2 aromatic rings. The molecule has 0 bridgehead atoms. The number of hydrogen-bond donors (Lipinski definition) is 0. The van der Waals surface area contributed by atoms with E-state index in [-0.39, 0.29) is 11.2 Å². The molecular weight excluding hydrogens is 344 g/mol. The highest BCUT2D eigenvalue weighted by molar-refractivity contribution is 9.10. The zero-order chi connectivity index (χ0) is 15.5. The fourth-order valence-electron chi connectivity index (χ4n) is 1.97. The van der Waals surface area contributed by atoms with E-state index in [0.29, 0.717) is 5.75 Å². The van der Waals surface area contributed by atoms with Gasteiger partial charge in [0.05, 0.1) is 5.75 Å². The second-order valence-electron chi connectivity index (χ2n) is 5.97. The molecule has 1 nitrogen and oxygen atoms in total. The van der Waals surface area contributed by atoms with Crippen LogP contribution in [0.25, 0.3) is 0 Å². The highest BCUT2D eigenvalue weighted by Crippen LogP contribution is 2.26. The van der Waals surface area contributed by atoms with Crippen LogP contribution in [0.5, 0.6) is 0 Å². The SMILES string of the molecule is CC(C)(C)c1ccc(SCC(=O)c2ccccc2Br)cc1. The molecule has 0 spiro atoms. The van der Waals surface area contributed by atoms with Gasteiger partial charge >= 0.3 is 0 Å². The highest BCUT2D eigenvalue weighted by Gasteiger charge is 2.13. The molecule has 3 heteroatoms. The van der Waals surface area contributed by atoms with Crippen LogP contribution in [0, 0.1) is 0 Å². The predicted molar refractivity (Wildman–Crippen MR) is 94.3 cm³/mol. The normalized spacial score (nSPS) is 11.4. The number of carbonyl (C=O) groups excluding carboxylic acids is 1. The maximum absolute atomic E-state index is 12.2. The van der Waals surface area contributed by atoms with Gasteiger partial charge in [-0.2, -0.15) is 0 Å². The lowest BCUT2D eigenvalue weighted by molar-refractivity contribution is 0.102. The van der Waals surface area contributed by atoms with Gasteiger partial charge in [0.1, 0.15) is 0 Å². The smallest absolute Gasteiger partial charge is 0.174 e. The summed E-state index contributed by atoms with van der Waals surface area (Å²) in [5, 5.41) is 0. The molecular formula is C18H19BrOS. The zero-order valence-electron chi connectivity index (χ0n) is 12.5. The van der Waals surface area contributed by atoms with Crippen LogP contribution in [0.4, 0.5) is 0 Å².